The number of nitrogens with zero attached hydrogens (tertiary/aromatic N) is 2. The van der Waals surface area contributed by atoms with Crippen LogP contribution in [0.2, 0.25) is 0 Å². The monoisotopic (exact) mass is 675 g/mol. The number of aliphatic imine (C=N–C) groups is 2. The van der Waals surface area contributed by atoms with Gasteiger partial charge in [-0.25, -0.2) is 9.98 Å². The molecule has 0 aromatic heterocycles. The Bertz CT molecular complexity index is 1930. The Balaban J connectivity index is 1.07. The molecule has 2 aromatic carbocycles. The molecule has 2 aromatic rings. The van der Waals surface area contributed by atoms with Crippen LogP contribution in [0.25, 0.3) is 5.57 Å². The molecule has 0 spiro atoms. The van der Waals surface area contributed by atoms with Gasteiger partial charge in [0.1, 0.15) is 11.7 Å². The first-order valence-electron chi connectivity index (χ1n) is 19.1. The molecule has 6 aliphatic rings. The molecule has 2 aliphatic heterocycles. The van der Waals surface area contributed by atoms with Crippen molar-refractivity contribution >= 4 is 24.4 Å². The second-order valence-electron chi connectivity index (χ2n) is 15.7. The molecule has 6 heteroatoms. The molecule has 0 bridgehead atoms. The van der Waals surface area contributed by atoms with E-state index in [1.165, 1.54) is 52.7 Å². The van der Waals surface area contributed by atoms with E-state index in [0.29, 0.717) is 0 Å². The SMILES string of the molecule is CC1(C)OB(C2=CC(c3ccc(C4N=C(C5=CC=C(C6=CCCC=C6)CC5)NC(c5ccc(C6=CCCCC6)cc5)=N4)cc3)CC=C2)OC1(C)C. The van der Waals surface area contributed by atoms with Crippen molar-refractivity contribution in [3.05, 3.63) is 148 Å². The molecule has 51 heavy (non-hydrogen) atoms. The molecular weight excluding hydrogens is 625 g/mol. The van der Waals surface area contributed by atoms with Crippen molar-refractivity contribution < 1.29 is 9.31 Å². The first-order chi connectivity index (χ1) is 24.7. The van der Waals surface area contributed by atoms with Crippen LogP contribution in [0.1, 0.15) is 120 Å². The summed E-state index contributed by atoms with van der Waals surface area (Å²) in [5.41, 5.74) is 10.6. The van der Waals surface area contributed by atoms with Gasteiger partial charge in [0.2, 0.25) is 0 Å². The smallest absolute Gasteiger partial charge is 0.399 e. The molecule has 1 N–H and O–H groups in total. The van der Waals surface area contributed by atoms with Crippen LogP contribution in [0.15, 0.2) is 135 Å². The maximum absolute atomic E-state index is 6.37. The minimum absolute atomic E-state index is 0.254. The van der Waals surface area contributed by atoms with Crippen molar-refractivity contribution in [2.24, 2.45) is 9.98 Å². The summed E-state index contributed by atoms with van der Waals surface area (Å²) in [4.78, 5) is 10.5. The minimum Gasteiger partial charge on any atom is -0.399 e. The molecule has 2 heterocycles. The molecule has 5 nitrogen and oxygen atoms in total. The van der Waals surface area contributed by atoms with E-state index in [1.54, 1.807) is 0 Å². The third kappa shape index (κ3) is 7.14. The molecule has 4 aliphatic carbocycles. The number of rotatable bonds is 7. The summed E-state index contributed by atoms with van der Waals surface area (Å²) in [6, 6.07) is 17.9. The van der Waals surface area contributed by atoms with Gasteiger partial charge in [0, 0.05) is 11.5 Å². The zero-order chi connectivity index (χ0) is 35.0. The predicted molar refractivity (Wildman–Crippen MR) is 212 cm³/mol. The molecule has 2 unspecified atom stereocenters. The lowest BCUT2D eigenvalue weighted by molar-refractivity contribution is 0.00578. The molecule has 1 fully saturated rings. The van der Waals surface area contributed by atoms with Gasteiger partial charge in [0.25, 0.3) is 0 Å². The van der Waals surface area contributed by atoms with Gasteiger partial charge < -0.3 is 14.6 Å². The van der Waals surface area contributed by atoms with E-state index in [9.17, 15) is 0 Å². The average molecular weight is 676 g/mol. The standard InChI is InChI=1S/C45H50BN3O2/c1-44(2)45(3,4)51-46(50-44)40-17-11-16-39(30-40)35-22-28-38(29-23-35)43-48-41(36-24-18-33(19-25-36)31-12-7-5-8-13-31)47-42(49-43)37-26-20-34(21-27-37)32-14-9-6-10-15-32/h7,11-14,17-18,20-24,26-30,39,43H,5-6,8-10,15-16,19,25H2,1-4H3,(H,47,48,49). The van der Waals surface area contributed by atoms with Crippen molar-refractivity contribution in [3.8, 4) is 0 Å². The molecule has 0 amide bonds. The fourth-order valence-electron chi connectivity index (χ4n) is 7.77. The summed E-state index contributed by atoms with van der Waals surface area (Å²) in [6.45, 7) is 8.42. The van der Waals surface area contributed by atoms with E-state index in [-0.39, 0.29) is 30.4 Å². The van der Waals surface area contributed by atoms with Crippen LogP contribution in [0.3, 0.4) is 0 Å². The quantitative estimate of drug-likeness (QED) is 0.297. The van der Waals surface area contributed by atoms with Gasteiger partial charge in [0.15, 0.2) is 6.17 Å². The number of nitrogens with one attached hydrogen (secondary N) is 1. The van der Waals surface area contributed by atoms with E-state index in [2.05, 4.69) is 136 Å². The maximum Gasteiger partial charge on any atom is 0.494 e. The highest BCUT2D eigenvalue weighted by atomic mass is 16.7. The molecule has 1 saturated heterocycles. The number of amidine groups is 2. The first kappa shape index (κ1) is 33.9. The Morgan fingerprint density at radius 2 is 1.37 bits per heavy atom. The van der Waals surface area contributed by atoms with Crippen LogP contribution >= 0.6 is 0 Å². The van der Waals surface area contributed by atoms with Crippen LogP contribution in [0, 0.1) is 0 Å². The van der Waals surface area contributed by atoms with E-state index < -0.39 is 0 Å². The maximum atomic E-state index is 6.37. The summed E-state index contributed by atoms with van der Waals surface area (Å²) in [5.74, 6) is 2.05. The van der Waals surface area contributed by atoms with E-state index in [1.807, 2.05) is 0 Å². The van der Waals surface area contributed by atoms with Gasteiger partial charge in [-0.05, 0) is 130 Å². The number of hydrogen-bond donors (Lipinski definition) is 1. The van der Waals surface area contributed by atoms with Crippen molar-refractivity contribution in [2.45, 2.75) is 109 Å². The van der Waals surface area contributed by atoms with Crippen molar-refractivity contribution in [1.82, 2.24) is 5.32 Å². The summed E-state index contributed by atoms with van der Waals surface area (Å²) in [5, 5.41) is 3.66. The van der Waals surface area contributed by atoms with Crippen LogP contribution in [0.5, 0.6) is 0 Å². The largest absolute Gasteiger partial charge is 0.494 e. The first-order valence-corrected chi connectivity index (χ1v) is 19.1. The van der Waals surface area contributed by atoms with Gasteiger partial charge in [-0.15, -0.1) is 0 Å². The highest BCUT2D eigenvalue weighted by Crippen LogP contribution is 2.41. The molecule has 0 radical (unpaired) electrons. The van der Waals surface area contributed by atoms with Crippen LogP contribution in [0.4, 0.5) is 0 Å². The summed E-state index contributed by atoms with van der Waals surface area (Å²) in [6.07, 6.45) is 30.4. The van der Waals surface area contributed by atoms with Gasteiger partial charge in [-0.1, -0.05) is 103 Å². The van der Waals surface area contributed by atoms with Crippen LogP contribution in [-0.2, 0) is 9.31 Å². The van der Waals surface area contributed by atoms with Crippen LogP contribution < -0.4 is 5.32 Å². The third-order valence-electron chi connectivity index (χ3n) is 11.7. The van der Waals surface area contributed by atoms with Crippen molar-refractivity contribution in [3.63, 3.8) is 0 Å². The van der Waals surface area contributed by atoms with E-state index >= 15 is 0 Å². The Morgan fingerprint density at radius 3 is 2.06 bits per heavy atom. The Labute approximate surface area is 304 Å². The van der Waals surface area contributed by atoms with E-state index in [4.69, 9.17) is 19.3 Å². The molecule has 8 rings (SSSR count). The zero-order valence-corrected chi connectivity index (χ0v) is 30.6. The molecular formula is C45H50BN3O2. The van der Waals surface area contributed by atoms with Gasteiger partial charge >= 0.3 is 7.12 Å². The topological polar surface area (TPSA) is 55.2 Å². The van der Waals surface area contributed by atoms with Crippen molar-refractivity contribution in [1.29, 1.82) is 0 Å². The fourth-order valence-corrected chi connectivity index (χ4v) is 7.77. The number of allylic oxidation sites excluding steroid dienone is 13. The predicted octanol–water partition coefficient (Wildman–Crippen LogP) is 10.6. The molecule has 260 valence electrons. The van der Waals surface area contributed by atoms with E-state index in [0.717, 1.165) is 66.8 Å². The number of hydrogen-bond acceptors (Lipinski definition) is 5. The third-order valence-corrected chi connectivity index (χ3v) is 11.7. The molecule has 2 atom stereocenters. The second kappa shape index (κ2) is 14.0. The van der Waals surface area contributed by atoms with Gasteiger partial charge in [-0.2, -0.15) is 0 Å². The highest BCUT2D eigenvalue weighted by molar-refractivity contribution is 6.55. The average Bonchev–Trinajstić information content (AvgIpc) is 3.41. The summed E-state index contributed by atoms with van der Waals surface area (Å²) >= 11 is 0. The Morgan fingerprint density at radius 1 is 0.667 bits per heavy atom. The Kier molecular flexibility index (Phi) is 9.33. The second-order valence-corrected chi connectivity index (χ2v) is 15.7. The fraction of sp³-hybridized carbons (Fsp3) is 0.378. The number of benzene rings is 2. The minimum atomic E-state index is -0.361. The van der Waals surface area contributed by atoms with Crippen LogP contribution in [-0.4, -0.2) is 30.0 Å². The van der Waals surface area contributed by atoms with Gasteiger partial charge in [0.05, 0.1) is 11.2 Å². The normalized spacial score (nSPS) is 25.5. The molecule has 0 saturated carbocycles. The van der Waals surface area contributed by atoms with Crippen molar-refractivity contribution in [2.75, 3.05) is 0 Å². The lowest BCUT2D eigenvalue weighted by Gasteiger charge is -2.32. The lowest BCUT2D eigenvalue weighted by Crippen LogP contribution is -2.41. The summed E-state index contributed by atoms with van der Waals surface area (Å²) in [7, 11) is -0.354. The lowest BCUT2D eigenvalue weighted by atomic mass is 9.72. The zero-order valence-electron chi connectivity index (χ0n) is 30.6. The highest BCUT2D eigenvalue weighted by Gasteiger charge is 2.52. The Hall–Kier alpha value is -4.26. The summed E-state index contributed by atoms with van der Waals surface area (Å²) < 4.78 is 12.7. The van der Waals surface area contributed by atoms with Gasteiger partial charge in [-0.3, -0.25) is 0 Å².